The average molecular weight is 568 g/mol. The monoisotopic (exact) mass is 568 g/mol. The third-order valence-electron chi connectivity index (χ3n) is 5.23. The number of alkyl halides is 12. The minimum absolute atomic E-state index is 0.516. The van der Waals surface area contributed by atoms with Crippen molar-refractivity contribution in [1.82, 2.24) is 0 Å². The molecule has 2 aromatic rings. The molecule has 16 heteroatoms. The lowest BCUT2D eigenvalue weighted by atomic mass is 9.91. The zero-order valence-electron chi connectivity index (χ0n) is 18.5. The summed E-state index contributed by atoms with van der Waals surface area (Å²) in [5, 5.41) is 25.4. The van der Waals surface area contributed by atoms with Gasteiger partial charge >= 0.3 is 24.7 Å². The Balaban J connectivity index is 2.79. The first-order chi connectivity index (χ1) is 17.1. The van der Waals surface area contributed by atoms with Crippen molar-refractivity contribution in [3.63, 3.8) is 0 Å². The van der Waals surface area contributed by atoms with Gasteiger partial charge in [-0.15, -0.1) is 0 Å². The maximum Gasteiger partial charge on any atom is 0.426 e. The minimum atomic E-state index is -6.32. The van der Waals surface area contributed by atoms with E-state index < -0.39 is 71.3 Å². The fraction of sp³-hybridized carbons (Fsp3) is 0.364. The third kappa shape index (κ3) is 6.46. The average Bonchev–Trinajstić information content (AvgIpc) is 2.78. The van der Waals surface area contributed by atoms with Gasteiger partial charge in [0.05, 0.1) is 11.4 Å². The molecule has 0 saturated carbocycles. The highest BCUT2D eigenvalue weighted by Gasteiger charge is 2.71. The van der Waals surface area contributed by atoms with Crippen LogP contribution in [-0.2, 0) is 0 Å². The maximum atomic E-state index is 13.3. The summed E-state index contributed by atoms with van der Waals surface area (Å²) >= 11 is 0. The van der Waals surface area contributed by atoms with Crippen molar-refractivity contribution in [2.24, 2.45) is 10.2 Å². The highest BCUT2D eigenvalue weighted by Crippen LogP contribution is 2.47. The molecule has 0 aliphatic heterocycles. The predicted molar refractivity (Wildman–Crippen MR) is 109 cm³/mol. The molecule has 0 heterocycles. The van der Waals surface area contributed by atoms with E-state index in [9.17, 15) is 62.9 Å². The quantitative estimate of drug-likeness (QED) is 0.232. The topological polar surface area (TPSA) is 65.2 Å². The van der Waals surface area contributed by atoms with Gasteiger partial charge in [0.25, 0.3) is 11.2 Å². The standard InChI is InChI=1S/C22H16F12N2O2/c23-19(24,25)17(37,20(26,27)28)11-15(13-7-3-1-4-8-13)35-36-16(14-9-5-2-6-10-14)12-18(38,21(29,30)31)22(32,33)34/h1-10,37-38H,11-12H2/b35-15-,36-16?. The Bertz CT molecular complexity index is 1020. The Morgan fingerprint density at radius 2 is 0.711 bits per heavy atom. The lowest BCUT2D eigenvalue weighted by Crippen LogP contribution is -2.58. The number of hydrogen-bond donors (Lipinski definition) is 2. The maximum absolute atomic E-state index is 13.3. The van der Waals surface area contributed by atoms with E-state index in [1.807, 2.05) is 0 Å². The summed E-state index contributed by atoms with van der Waals surface area (Å²) in [6.45, 7) is 0. The van der Waals surface area contributed by atoms with Crippen LogP contribution in [0, 0.1) is 0 Å². The van der Waals surface area contributed by atoms with E-state index in [4.69, 9.17) is 0 Å². The Morgan fingerprint density at radius 1 is 0.474 bits per heavy atom. The molecule has 0 spiro atoms. The summed E-state index contributed by atoms with van der Waals surface area (Å²) in [5.74, 6) is 0. The fourth-order valence-electron chi connectivity index (χ4n) is 2.98. The summed E-state index contributed by atoms with van der Waals surface area (Å²) in [6.07, 6.45) is -30.0. The van der Waals surface area contributed by atoms with Gasteiger partial charge in [-0.25, -0.2) is 0 Å². The first-order valence-corrected chi connectivity index (χ1v) is 10.1. The molecule has 0 aliphatic rings. The first-order valence-electron chi connectivity index (χ1n) is 10.1. The smallest absolute Gasteiger partial charge is 0.373 e. The fourth-order valence-corrected chi connectivity index (χ4v) is 2.98. The largest absolute Gasteiger partial charge is 0.426 e. The van der Waals surface area contributed by atoms with Gasteiger partial charge in [-0.2, -0.15) is 62.9 Å². The molecule has 4 nitrogen and oxygen atoms in total. The molecule has 38 heavy (non-hydrogen) atoms. The van der Waals surface area contributed by atoms with Crippen LogP contribution in [0.15, 0.2) is 70.9 Å². The van der Waals surface area contributed by atoms with Crippen molar-refractivity contribution in [1.29, 1.82) is 0 Å². The van der Waals surface area contributed by atoms with Gasteiger partial charge in [-0.05, 0) is 11.1 Å². The van der Waals surface area contributed by atoms with Crippen molar-refractivity contribution >= 4 is 11.4 Å². The lowest BCUT2D eigenvalue weighted by molar-refractivity contribution is -0.365. The van der Waals surface area contributed by atoms with E-state index in [0.29, 0.717) is 0 Å². The second-order valence-corrected chi connectivity index (χ2v) is 7.89. The predicted octanol–water partition coefficient (Wildman–Crippen LogP) is 6.37. The van der Waals surface area contributed by atoms with Crippen molar-refractivity contribution in [2.75, 3.05) is 0 Å². The van der Waals surface area contributed by atoms with E-state index in [0.717, 1.165) is 48.5 Å². The zero-order valence-corrected chi connectivity index (χ0v) is 18.5. The molecule has 210 valence electrons. The summed E-state index contributed by atoms with van der Waals surface area (Å²) in [4.78, 5) is 0. The molecule has 2 aromatic carbocycles. The molecule has 2 rings (SSSR count). The van der Waals surface area contributed by atoms with E-state index in [1.54, 1.807) is 0 Å². The molecule has 0 radical (unpaired) electrons. The molecular weight excluding hydrogens is 552 g/mol. The number of rotatable bonds is 7. The van der Waals surface area contributed by atoms with Crippen LogP contribution >= 0.6 is 0 Å². The normalized spacial score (nSPS) is 15.1. The van der Waals surface area contributed by atoms with E-state index >= 15 is 0 Å². The molecule has 2 N–H and O–H groups in total. The van der Waals surface area contributed by atoms with Crippen LogP contribution in [0.25, 0.3) is 0 Å². The number of hydrogen-bond acceptors (Lipinski definition) is 4. The van der Waals surface area contributed by atoms with Gasteiger partial charge in [0.2, 0.25) is 0 Å². The van der Waals surface area contributed by atoms with Crippen LogP contribution in [0.1, 0.15) is 24.0 Å². The second-order valence-electron chi connectivity index (χ2n) is 7.89. The van der Waals surface area contributed by atoms with Gasteiger partial charge in [0.15, 0.2) is 0 Å². The third-order valence-corrected chi connectivity index (χ3v) is 5.23. The molecule has 0 saturated heterocycles. The number of halogens is 12. The first kappa shape index (κ1) is 31.1. The summed E-state index contributed by atoms with van der Waals surface area (Å²) in [5.41, 5.74) is -14.4. The van der Waals surface area contributed by atoms with Crippen LogP contribution in [0.3, 0.4) is 0 Å². The van der Waals surface area contributed by atoms with Gasteiger partial charge in [0, 0.05) is 12.8 Å². The van der Waals surface area contributed by atoms with Crippen molar-refractivity contribution in [3.8, 4) is 0 Å². The van der Waals surface area contributed by atoms with Gasteiger partial charge in [-0.1, -0.05) is 60.7 Å². The molecule has 0 amide bonds. The Morgan fingerprint density at radius 3 is 0.921 bits per heavy atom. The molecule has 0 atom stereocenters. The molecule has 0 aromatic heterocycles. The molecule has 0 bridgehead atoms. The van der Waals surface area contributed by atoms with E-state index in [2.05, 4.69) is 10.2 Å². The van der Waals surface area contributed by atoms with Gasteiger partial charge in [0.1, 0.15) is 0 Å². The van der Waals surface area contributed by atoms with Crippen LogP contribution in [0.4, 0.5) is 52.7 Å². The minimum Gasteiger partial charge on any atom is -0.373 e. The molecule has 0 fully saturated rings. The highest BCUT2D eigenvalue weighted by molar-refractivity contribution is 6.04. The van der Waals surface area contributed by atoms with Crippen LogP contribution in [0.5, 0.6) is 0 Å². The lowest BCUT2D eigenvalue weighted by Gasteiger charge is -2.33. The van der Waals surface area contributed by atoms with Crippen LogP contribution < -0.4 is 0 Å². The van der Waals surface area contributed by atoms with E-state index in [1.165, 1.54) is 12.1 Å². The van der Waals surface area contributed by atoms with Crippen molar-refractivity contribution in [3.05, 3.63) is 71.8 Å². The summed E-state index contributed by atoms with van der Waals surface area (Å²) in [6, 6.07) is 10.8. The number of nitrogens with zero attached hydrogens (tertiary/aromatic N) is 2. The number of benzene rings is 2. The molecule has 0 unspecified atom stereocenters. The molecular formula is C22H16F12N2O2. The van der Waals surface area contributed by atoms with Crippen LogP contribution in [0.2, 0.25) is 0 Å². The van der Waals surface area contributed by atoms with Crippen molar-refractivity contribution in [2.45, 2.75) is 48.7 Å². The van der Waals surface area contributed by atoms with Crippen molar-refractivity contribution < 1.29 is 62.9 Å². The Kier molecular flexibility index (Phi) is 8.63. The SMILES string of the molecule is OC(CC(=N/N=C(/CC(O)(C(F)(F)F)C(F)(F)F)c1ccccc1)c1ccccc1)(C(F)(F)F)C(F)(F)F. The molecule has 0 aliphatic carbocycles. The van der Waals surface area contributed by atoms with Gasteiger partial charge < -0.3 is 10.2 Å². The summed E-state index contributed by atoms with van der Waals surface area (Å²) < 4.78 is 159. The van der Waals surface area contributed by atoms with E-state index in [-0.39, 0.29) is 0 Å². The number of aliphatic hydroxyl groups is 2. The Labute approximate surface area is 205 Å². The zero-order chi connectivity index (χ0) is 29.2. The second kappa shape index (κ2) is 10.6. The summed E-state index contributed by atoms with van der Waals surface area (Å²) in [7, 11) is 0. The van der Waals surface area contributed by atoms with Crippen LogP contribution in [-0.4, -0.2) is 57.5 Å². The van der Waals surface area contributed by atoms with Gasteiger partial charge in [-0.3, -0.25) is 0 Å². The Hall–Kier alpha value is -3.14. The highest BCUT2D eigenvalue weighted by atomic mass is 19.4.